The number of nitrogens with zero attached hydrogens (tertiary/aromatic N) is 2. The van der Waals surface area contributed by atoms with Crippen LogP contribution in [-0.4, -0.2) is 38.6 Å². The van der Waals surface area contributed by atoms with Gasteiger partial charge in [0.15, 0.2) is 5.96 Å². The van der Waals surface area contributed by atoms with Gasteiger partial charge in [0.05, 0.1) is 19.7 Å². The number of nitrogens with one attached hydrogen (secondary N) is 1. The van der Waals surface area contributed by atoms with Gasteiger partial charge in [0, 0.05) is 11.3 Å². The number of hydrogen-bond acceptors (Lipinski definition) is 3. The van der Waals surface area contributed by atoms with Crippen molar-refractivity contribution in [2.24, 2.45) is 10.7 Å². The van der Waals surface area contributed by atoms with Crippen molar-refractivity contribution in [2.75, 3.05) is 33.1 Å². The normalized spacial score (nSPS) is 13.0. The number of ether oxygens (including phenoxy) is 1. The van der Waals surface area contributed by atoms with Crippen LogP contribution in [0, 0.1) is 6.92 Å². The molecule has 0 spiro atoms. The lowest BCUT2D eigenvalue weighted by atomic mass is 10.0. The lowest BCUT2D eigenvalue weighted by molar-refractivity contribution is 0.295. The van der Waals surface area contributed by atoms with Crippen LogP contribution in [0.5, 0.6) is 5.75 Å². The summed E-state index contributed by atoms with van der Waals surface area (Å²) in [7, 11) is 5.73. The van der Waals surface area contributed by atoms with E-state index in [-0.39, 0.29) is 6.04 Å². The number of anilines is 1. The molecule has 0 saturated carbocycles. The highest BCUT2D eigenvalue weighted by Gasteiger charge is 2.17. The zero-order chi connectivity index (χ0) is 17.5. The van der Waals surface area contributed by atoms with E-state index in [2.05, 4.69) is 21.3 Å². The van der Waals surface area contributed by atoms with Crippen molar-refractivity contribution in [1.29, 1.82) is 0 Å². The van der Waals surface area contributed by atoms with Crippen molar-refractivity contribution in [3.05, 3.63) is 59.7 Å². The number of hydrogen-bond donors (Lipinski definition) is 2. The number of nitrogens with two attached hydrogens (primary N) is 1. The minimum absolute atomic E-state index is 0.0824. The zero-order valence-electron chi connectivity index (χ0n) is 14.8. The molecule has 128 valence electrons. The fourth-order valence-electron chi connectivity index (χ4n) is 2.58. The van der Waals surface area contributed by atoms with Gasteiger partial charge in [-0.2, -0.15) is 0 Å². The van der Waals surface area contributed by atoms with Gasteiger partial charge < -0.3 is 20.7 Å². The highest BCUT2D eigenvalue weighted by atomic mass is 16.5. The van der Waals surface area contributed by atoms with Crippen LogP contribution >= 0.6 is 0 Å². The fraction of sp³-hybridized carbons (Fsp3) is 0.316. The molecular formula is C19H26N4O. The van der Waals surface area contributed by atoms with Crippen molar-refractivity contribution in [3.8, 4) is 5.75 Å². The topological polar surface area (TPSA) is 62.9 Å². The SMILES string of the molecule is COc1ccccc1C(CN=C(N)Nc1cccc(C)c1)N(C)C. The largest absolute Gasteiger partial charge is 0.496 e. The first-order valence-corrected chi connectivity index (χ1v) is 7.94. The van der Waals surface area contributed by atoms with Crippen molar-refractivity contribution >= 4 is 11.6 Å². The number of methoxy groups -OCH3 is 1. The number of aryl methyl sites for hydroxylation is 1. The van der Waals surface area contributed by atoms with Crippen LogP contribution in [0.4, 0.5) is 5.69 Å². The molecule has 0 amide bonds. The van der Waals surface area contributed by atoms with E-state index in [0.717, 1.165) is 17.0 Å². The Morgan fingerprint density at radius 2 is 1.96 bits per heavy atom. The smallest absolute Gasteiger partial charge is 0.193 e. The first-order chi connectivity index (χ1) is 11.5. The van der Waals surface area contributed by atoms with Gasteiger partial charge in [-0.1, -0.05) is 30.3 Å². The van der Waals surface area contributed by atoms with E-state index in [1.54, 1.807) is 7.11 Å². The predicted molar refractivity (Wildman–Crippen MR) is 101 cm³/mol. The lowest BCUT2D eigenvalue weighted by Gasteiger charge is -2.25. The Kier molecular flexibility index (Phi) is 6.21. The second-order valence-corrected chi connectivity index (χ2v) is 5.94. The van der Waals surface area contributed by atoms with Crippen LogP contribution < -0.4 is 15.8 Å². The number of benzene rings is 2. The van der Waals surface area contributed by atoms with Gasteiger partial charge in [-0.3, -0.25) is 4.99 Å². The summed E-state index contributed by atoms with van der Waals surface area (Å²) in [5.41, 5.74) is 9.25. The Bertz CT molecular complexity index is 697. The summed E-state index contributed by atoms with van der Waals surface area (Å²) in [5, 5.41) is 3.14. The molecule has 0 radical (unpaired) electrons. The van der Waals surface area contributed by atoms with Gasteiger partial charge in [-0.05, 0) is 44.8 Å². The molecule has 5 nitrogen and oxygen atoms in total. The first kappa shape index (κ1) is 17.8. The molecular weight excluding hydrogens is 300 g/mol. The van der Waals surface area contributed by atoms with Gasteiger partial charge >= 0.3 is 0 Å². The summed E-state index contributed by atoms with van der Waals surface area (Å²) >= 11 is 0. The molecule has 1 atom stereocenters. The van der Waals surface area contributed by atoms with E-state index in [9.17, 15) is 0 Å². The van der Waals surface area contributed by atoms with Crippen molar-refractivity contribution in [3.63, 3.8) is 0 Å². The summed E-state index contributed by atoms with van der Waals surface area (Å²) in [4.78, 5) is 6.62. The Morgan fingerprint density at radius 1 is 1.21 bits per heavy atom. The van der Waals surface area contributed by atoms with E-state index < -0.39 is 0 Å². The molecule has 0 aromatic heterocycles. The third-order valence-electron chi connectivity index (χ3n) is 3.85. The third kappa shape index (κ3) is 4.73. The summed E-state index contributed by atoms with van der Waals surface area (Å²) < 4.78 is 5.47. The highest BCUT2D eigenvalue weighted by molar-refractivity contribution is 5.92. The summed E-state index contributed by atoms with van der Waals surface area (Å²) in [6.45, 7) is 2.58. The molecule has 2 aromatic rings. The Morgan fingerprint density at radius 3 is 2.62 bits per heavy atom. The minimum Gasteiger partial charge on any atom is -0.496 e. The van der Waals surface area contributed by atoms with Crippen LogP contribution in [0.1, 0.15) is 17.2 Å². The standard InChI is InChI=1S/C19H26N4O/c1-14-8-7-9-15(12-14)22-19(20)21-13-17(23(2)3)16-10-5-6-11-18(16)24-4/h5-12,17H,13H2,1-4H3,(H3,20,21,22). The maximum absolute atomic E-state index is 6.04. The second kappa shape index (κ2) is 8.36. The van der Waals surface area contributed by atoms with E-state index in [1.807, 2.05) is 63.5 Å². The van der Waals surface area contributed by atoms with Crippen LogP contribution in [0.3, 0.4) is 0 Å². The van der Waals surface area contributed by atoms with E-state index in [1.165, 1.54) is 5.56 Å². The van der Waals surface area contributed by atoms with E-state index in [4.69, 9.17) is 10.5 Å². The molecule has 2 aromatic carbocycles. The highest BCUT2D eigenvalue weighted by Crippen LogP contribution is 2.28. The van der Waals surface area contributed by atoms with Gasteiger partial charge in [0.2, 0.25) is 0 Å². The third-order valence-corrected chi connectivity index (χ3v) is 3.85. The number of guanidine groups is 1. The van der Waals surface area contributed by atoms with Gasteiger partial charge in [0.25, 0.3) is 0 Å². The molecule has 3 N–H and O–H groups in total. The second-order valence-electron chi connectivity index (χ2n) is 5.94. The van der Waals surface area contributed by atoms with Crippen molar-refractivity contribution in [2.45, 2.75) is 13.0 Å². The average molecular weight is 326 g/mol. The van der Waals surface area contributed by atoms with Crippen molar-refractivity contribution in [1.82, 2.24) is 4.90 Å². The number of aliphatic imine (C=N–C) groups is 1. The molecule has 2 rings (SSSR count). The molecule has 0 saturated heterocycles. The molecule has 0 bridgehead atoms. The van der Waals surface area contributed by atoms with E-state index in [0.29, 0.717) is 12.5 Å². The molecule has 0 aliphatic heterocycles. The zero-order valence-corrected chi connectivity index (χ0v) is 14.8. The number of para-hydroxylation sites is 1. The van der Waals surface area contributed by atoms with Gasteiger partial charge in [0.1, 0.15) is 5.75 Å². The predicted octanol–water partition coefficient (Wildman–Crippen LogP) is 3.03. The van der Waals surface area contributed by atoms with Crippen LogP contribution in [0.2, 0.25) is 0 Å². The number of rotatable bonds is 6. The summed E-state index contributed by atoms with van der Waals surface area (Å²) in [6.07, 6.45) is 0. The van der Waals surface area contributed by atoms with Crippen LogP contribution in [0.15, 0.2) is 53.5 Å². The Labute approximate surface area is 144 Å². The molecule has 24 heavy (non-hydrogen) atoms. The van der Waals surface area contributed by atoms with E-state index >= 15 is 0 Å². The summed E-state index contributed by atoms with van der Waals surface area (Å²) in [6, 6.07) is 16.1. The van der Waals surface area contributed by atoms with Crippen molar-refractivity contribution < 1.29 is 4.74 Å². The summed E-state index contributed by atoms with van der Waals surface area (Å²) in [5.74, 6) is 1.26. The molecule has 5 heteroatoms. The monoisotopic (exact) mass is 326 g/mol. The molecule has 1 unspecified atom stereocenters. The number of likely N-dealkylation sites (N-methyl/N-ethyl adjacent to an activating group) is 1. The molecule has 0 fully saturated rings. The van der Waals surface area contributed by atoms with Gasteiger partial charge in [-0.25, -0.2) is 0 Å². The fourth-order valence-corrected chi connectivity index (χ4v) is 2.58. The minimum atomic E-state index is 0.0824. The average Bonchev–Trinajstić information content (AvgIpc) is 2.55. The van der Waals surface area contributed by atoms with Crippen LogP contribution in [-0.2, 0) is 0 Å². The lowest BCUT2D eigenvalue weighted by Crippen LogP contribution is -2.27. The molecule has 0 heterocycles. The molecule has 0 aliphatic carbocycles. The Balaban J connectivity index is 2.13. The Hall–Kier alpha value is -2.53. The first-order valence-electron chi connectivity index (χ1n) is 7.94. The van der Waals surface area contributed by atoms with Crippen LogP contribution in [0.25, 0.3) is 0 Å². The van der Waals surface area contributed by atoms with Gasteiger partial charge in [-0.15, -0.1) is 0 Å². The quantitative estimate of drug-likeness (QED) is 0.633. The maximum atomic E-state index is 6.04. The maximum Gasteiger partial charge on any atom is 0.193 e. The molecule has 0 aliphatic rings.